The summed E-state index contributed by atoms with van der Waals surface area (Å²) in [7, 11) is -1.28. The molecule has 146 valence electrons. The SMILES string of the molecule is C[Si](C)=[Ti+2]([C]1=C([Si](C)(C)C)C=CC1)[CH]1c2ccccc2-c2ccccc21.[Cl-].[Cl-]. The molecule has 4 rings (SSSR count). The zero-order valence-corrected chi connectivity index (χ0v) is 22.4. The fourth-order valence-electron chi connectivity index (χ4n) is 4.69. The Hall–Kier alpha value is -0.352. The van der Waals surface area contributed by atoms with Crippen molar-refractivity contribution in [3.63, 3.8) is 0 Å². The maximum atomic E-state index is 2.59. The van der Waals surface area contributed by atoms with Crippen LogP contribution in [0.3, 0.4) is 0 Å². The van der Waals surface area contributed by atoms with Gasteiger partial charge in [0.1, 0.15) is 0 Å². The van der Waals surface area contributed by atoms with Crippen LogP contribution in [0.25, 0.3) is 11.1 Å². The molecule has 0 aromatic heterocycles. The first-order valence-electron chi connectivity index (χ1n) is 9.65. The van der Waals surface area contributed by atoms with Gasteiger partial charge in [0, 0.05) is 0 Å². The smallest absolute Gasteiger partial charge is 1.00 e. The molecule has 0 fully saturated rings. The van der Waals surface area contributed by atoms with E-state index in [1.54, 1.807) is 16.3 Å². The zero-order chi connectivity index (χ0) is 18.5. The van der Waals surface area contributed by atoms with E-state index >= 15 is 0 Å². The molecule has 0 atom stereocenters. The molecule has 0 aliphatic heterocycles. The van der Waals surface area contributed by atoms with E-state index in [0.29, 0.717) is 4.22 Å². The average molecular weight is 479 g/mol. The van der Waals surface area contributed by atoms with Gasteiger partial charge in [-0.05, 0) is 0 Å². The van der Waals surface area contributed by atoms with E-state index in [1.807, 2.05) is 3.88 Å². The van der Waals surface area contributed by atoms with Crippen LogP contribution in [0.5, 0.6) is 0 Å². The topological polar surface area (TPSA) is 0 Å². The first-order chi connectivity index (χ1) is 12.4. The minimum absolute atomic E-state index is 0. The summed E-state index contributed by atoms with van der Waals surface area (Å²) in [6, 6.07) is 18.5. The summed E-state index contributed by atoms with van der Waals surface area (Å²) in [5.74, 6) is 0. The van der Waals surface area contributed by atoms with Crippen molar-refractivity contribution in [2.75, 3.05) is 0 Å². The second kappa shape index (κ2) is 9.20. The minimum atomic E-state index is -1.44. The summed E-state index contributed by atoms with van der Waals surface area (Å²) in [6.45, 7) is 12.8. The van der Waals surface area contributed by atoms with Crippen molar-refractivity contribution < 1.29 is 41.4 Å². The summed E-state index contributed by atoms with van der Waals surface area (Å²) in [5, 5.41) is 1.79. The Morgan fingerprint density at radius 2 is 1.36 bits per heavy atom. The number of allylic oxidation sites excluding steroid dienone is 4. The normalized spacial score (nSPS) is 14.6. The molecule has 0 N–H and O–H groups in total. The van der Waals surface area contributed by atoms with Crippen LogP contribution >= 0.6 is 0 Å². The first-order valence-corrected chi connectivity index (χ1v) is 19.7. The molecule has 2 aromatic rings. The molecule has 0 amide bonds. The molecule has 0 heterocycles. The number of hydrogen-bond donors (Lipinski definition) is 0. The van der Waals surface area contributed by atoms with Gasteiger partial charge in [-0.15, -0.1) is 0 Å². The fourth-order valence-corrected chi connectivity index (χ4v) is 21.5. The number of fused-ring (bicyclic) bond motifs is 3. The molecule has 0 bridgehead atoms. The zero-order valence-electron chi connectivity index (χ0n) is 17.3. The van der Waals surface area contributed by atoms with Crippen LogP contribution in [-0.2, 0) is 16.6 Å². The second-order valence-electron chi connectivity index (χ2n) is 8.77. The van der Waals surface area contributed by atoms with Crippen molar-refractivity contribution in [1.29, 1.82) is 0 Å². The van der Waals surface area contributed by atoms with Gasteiger partial charge in [-0.2, -0.15) is 0 Å². The van der Waals surface area contributed by atoms with Crippen LogP contribution in [0.2, 0.25) is 32.7 Å². The van der Waals surface area contributed by atoms with Crippen molar-refractivity contribution in [2.45, 2.75) is 43.4 Å². The van der Waals surface area contributed by atoms with Crippen molar-refractivity contribution in [3.8, 4) is 11.1 Å². The monoisotopic (exact) mass is 478 g/mol. The maximum Gasteiger partial charge on any atom is -1.00 e. The van der Waals surface area contributed by atoms with Crippen molar-refractivity contribution in [3.05, 3.63) is 80.9 Å². The summed E-state index contributed by atoms with van der Waals surface area (Å²) >= 11 is -1.44. The molecule has 5 heteroatoms. The van der Waals surface area contributed by atoms with E-state index < -0.39 is 24.7 Å². The Bertz CT molecular complexity index is 935. The molecule has 28 heavy (non-hydrogen) atoms. The van der Waals surface area contributed by atoms with Crippen LogP contribution in [0.4, 0.5) is 0 Å². The number of rotatable bonds is 3. The van der Waals surface area contributed by atoms with Gasteiger partial charge in [0.2, 0.25) is 0 Å². The standard InChI is InChI=1S/C13H9.C8H13Si.C2H6Si.2ClH.Ti/c1-3-7-12-10(5-1)9-11-6-2-4-8-13(11)12;1-9(2,3)8-6-4-5-7-8;1-3-2;;;/h1-9H;4,6H,5H2,1-3H3;1-2H3;2*1H;/q;;;;;+2/p-2. The third-order valence-corrected chi connectivity index (χ3v) is 20.4. The van der Waals surface area contributed by atoms with Gasteiger partial charge >= 0.3 is 166 Å². The van der Waals surface area contributed by atoms with Crippen molar-refractivity contribution in [1.82, 2.24) is 0 Å². The quantitative estimate of drug-likeness (QED) is 0.570. The molecule has 0 spiro atoms. The minimum Gasteiger partial charge on any atom is -1.00 e. The average Bonchev–Trinajstić information content (AvgIpc) is 3.20. The van der Waals surface area contributed by atoms with Crippen LogP contribution in [0.1, 0.15) is 21.8 Å². The van der Waals surface area contributed by atoms with Gasteiger partial charge in [-0.25, -0.2) is 0 Å². The molecule has 2 aliphatic carbocycles. The number of benzene rings is 2. The number of hydrogen-bond acceptors (Lipinski definition) is 0. The molecule has 0 saturated carbocycles. The first kappa shape index (κ1) is 23.9. The summed E-state index contributed by atoms with van der Waals surface area (Å²) < 4.78 is 2.63. The number of halogens is 2. The molecule has 0 unspecified atom stereocenters. The molecule has 2 aromatic carbocycles. The van der Waals surface area contributed by atoms with E-state index in [2.05, 4.69) is 93.4 Å². The van der Waals surface area contributed by atoms with Gasteiger partial charge in [0.15, 0.2) is 0 Å². The second-order valence-corrected chi connectivity index (χ2v) is 25.9. The molecule has 0 saturated heterocycles. The van der Waals surface area contributed by atoms with Crippen LogP contribution < -0.4 is 24.8 Å². The molecular weight excluding hydrogens is 451 g/mol. The summed E-state index contributed by atoms with van der Waals surface area (Å²) in [4.78, 5) is 0. The largest absolute Gasteiger partial charge is 1.00 e. The Morgan fingerprint density at radius 1 is 0.857 bits per heavy atom. The third-order valence-electron chi connectivity index (χ3n) is 5.73. The molecule has 2 aliphatic rings. The fraction of sp³-hybridized carbons (Fsp3) is 0.304. The van der Waals surface area contributed by atoms with Crippen LogP contribution in [-0.4, -0.2) is 14.3 Å². The van der Waals surface area contributed by atoms with Gasteiger partial charge in [-0.1, -0.05) is 0 Å². The Morgan fingerprint density at radius 3 is 1.82 bits per heavy atom. The van der Waals surface area contributed by atoms with E-state index in [9.17, 15) is 0 Å². The molecule has 0 nitrogen and oxygen atoms in total. The van der Waals surface area contributed by atoms with Gasteiger partial charge in [0.25, 0.3) is 0 Å². The van der Waals surface area contributed by atoms with Gasteiger partial charge < -0.3 is 24.8 Å². The van der Waals surface area contributed by atoms with Gasteiger partial charge in [0.05, 0.1) is 0 Å². The van der Waals surface area contributed by atoms with E-state index in [4.69, 9.17) is 0 Å². The van der Waals surface area contributed by atoms with Gasteiger partial charge in [-0.3, -0.25) is 0 Å². The predicted octanol–water partition coefficient (Wildman–Crippen LogP) is 0.725. The van der Waals surface area contributed by atoms with Crippen molar-refractivity contribution in [2.24, 2.45) is 0 Å². The predicted molar refractivity (Wildman–Crippen MR) is 115 cm³/mol. The van der Waals surface area contributed by atoms with E-state index in [-0.39, 0.29) is 31.0 Å². The van der Waals surface area contributed by atoms with Crippen LogP contribution in [0.15, 0.2) is 69.8 Å². The third kappa shape index (κ3) is 4.10. The Kier molecular flexibility index (Phi) is 7.86. The Labute approximate surface area is 190 Å². The van der Waals surface area contributed by atoms with Crippen LogP contribution in [0, 0.1) is 0 Å². The Balaban J connectivity index is 0.00000140. The summed E-state index contributed by atoms with van der Waals surface area (Å²) in [6.07, 6.45) is 5.89. The van der Waals surface area contributed by atoms with E-state index in [0.717, 1.165) is 0 Å². The molecular formula is C23H28Cl2Si2Ti. The maximum absolute atomic E-state index is 2.59. The van der Waals surface area contributed by atoms with E-state index in [1.165, 1.54) is 17.5 Å². The van der Waals surface area contributed by atoms with Crippen molar-refractivity contribution >= 4 is 14.3 Å². The summed E-state index contributed by atoms with van der Waals surface area (Å²) in [5.41, 5.74) is 6.26. The molecule has 0 radical (unpaired) electrons.